The average Bonchev–Trinajstić information content (AvgIpc) is 2.47. The van der Waals surface area contributed by atoms with Crippen LogP contribution in [0.15, 0.2) is 36.4 Å². The van der Waals surface area contributed by atoms with Crippen molar-refractivity contribution in [2.45, 2.75) is 33.1 Å². The first-order chi connectivity index (χ1) is 10.0. The Morgan fingerprint density at radius 3 is 2.33 bits per heavy atom. The Labute approximate surface area is 125 Å². The number of hydrogen-bond donors (Lipinski definition) is 0. The summed E-state index contributed by atoms with van der Waals surface area (Å²) in [5, 5.41) is 2.05. The molecule has 0 radical (unpaired) electrons. The summed E-state index contributed by atoms with van der Waals surface area (Å²) in [4.78, 5) is 12.3. The fourth-order valence-electron chi connectivity index (χ4n) is 2.52. The van der Waals surface area contributed by atoms with Crippen LogP contribution in [0, 0.1) is 0 Å². The van der Waals surface area contributed by atoms with Crippen LogP contribution in [0.3, 0.4) is 0 Å². The van der Waals surface area contributed by atoms with E-state index in [1.165, 1.54) is 0 Å². The molecule has 0 unspecified atom stereocenters. The number of benzene rings is 2. The molecule has 0 N–H and O–H groups in total. The Balaban J connectivity index is 2.65. The first-order valence-corrected chi connectivity index (χ1v) is 7.34. The van der Waals surface area contributed by atoms with Gasteiger partial charge in [0.25, 0.3) is 0 Å². The molecular weight excluding hydrogens is 264 g/mol. The highest BCUT2D eigenvalue weighted by Gasteiger charge is 2.33. The molecule has 0 saturated heterocycles. The Hall–Kier alpha value is -2.03. The molecule has 2 aromatic carbocycles. The van der Waals surface area contributed by atoms with Gasteiger partial charge < -0.3 is 9.47 Å². The molecule has 0 aromatic heterocycles. The summed E-state index contributed by atoms with van der Waals surface area (Å²) in [5.74, 6) is 0.590. The van der Waals surface area contributed by atoms with Gasteiger partial charge >= 0.3 is 5.97 Å². The monoisotopic (exact) mass is 286 g/mol. The van der Waals surface area contributed by atoms with Gasteiger partial charge in [-0.2, -0.15) is 0 Å². The maximum absolute atomic E-state index is 12.3. The topological polar surface area (TPSA) is 35.5 Å². The molecule has 0 aliphatic carbocycles. The second kappa shape index (κ2) is 6.17. The van der Waals surface area contributed by atoms with Crippen molar-refractivity contribution in [3.8, 4) is 5.75 Å². The Kier molecular flexibility index (Phi) is 4.51. The first kappa shape index (κ1) is 15.4. The van der Waals surface area contributed by atoms with Crippen molar-refractivity contribution >= 4 is 16.7 Å². The molecule has 3 heteroatoms. The van der Waals surface area contributed by atoms with Gasteiger partial charge in [0.05, 0.1) is 18.6 Å². The quantitative estimate of drug-likeness (QED) is 0.777. The van der Waals surface area contributed by atoms with E-state index in [1.54, 1.807) is 0 Å². The SMILES string of the molecule is CCOC(=O)C(C)(C)c1cccc2cccc(OCC)c12. The third-order valence-electron chi connectivity index (χ3n) is 3.63. The second-order valence-corrected chi connectivity index (χ2v) is 5.44. The van der Waals surface area contributed by atoms with E-state index < -0.39 is 5.41 Å². The van der Waals surface area contributed by atoms with Gasteiger partial charge in [-0.25, -0.2) is 0 Å². The van der Waals surface area contributed by atoms with E-state index in [1.807, 2.05) is 64.1 Å². The van der Waals surface area contributed by atoms with E-state index in [4.69, 9.17) is 9.47 Å². The summed E-state index contributed by atoms with van der Waals surface area (Å²) in [6.45, 7) is 8.53. The number of rotatable bonds is 5. The van der Waals surface area contributed by atoms with Crippen LogP contribution in [0.5, 0.6) is 5.75 Å². The standard InChI is InChI=1S/C18H22O3/c1-5-20-15-12-8-10-13-9-7-11-14(16(13)15)18(3,4)17(19)21-6-2/h7-12H,5-6H2,1-4H3. The number of fused-ring (bicyclic) bond motifs is 1. The van der Waals surface area contributed by atoms with E-state index in [9.17, 15) is 4.79 Å². The van der Waals surface area contributed by atoms with Gasteiger partial charge in [-0.3, -0.25) is 4.79 Å². The molecule has 2 rings (SSSR count). The largest absolute Gasteiger partial charge is 0.493 e. The molecule has 2 aromatic rings. The maximum Gasteiger partial charge on any atom is 0.315 e. The van der Waals surface area contributed by atoms with Gasteiger partial charge in [-0.1, -0.05) is 30.3 Å². The summed E-state index contributed by atoms with van der Waals surface area (Å²) < 4.78 is 11.0. The molecule has 0 bridgehead atoms. The van der Waals surface area contributed by atoms with Crippen LogP contribution < -0.4 is 4.74 Å². The van der Waals surface area contributed by atoms with Gasteiger partial charge in [0, 0.05) is 5.39 Å². The first-order valence-electron chi connectivity index (χ1n) is 7.34. The molecule has 21 heavy (non-hydrogen) atoms. The Morgan fingerprint density at radius 2 is 1.71 bits per heavy atom. The minimum absolute atomic E-state index is 0.219. The lowest BCUT2D eigenvalue weighted by Crippen LogP contribution is -2.31. The normalized spacial score (nSPS) is 11.4. The molecular formula is C18H22O3. The smallest absolute Gasteiger partial charge is 0.315 e. The fourth-order valence-corrected chi connectivity index (χ4v) is 2.52. The Morgan fingerprint density at radius 1 is 1.05 bits per heavy atom. The lowest BCUT2D eigenvalue weighted by atomic mass is 9.81. The molecule has 3 nitrogen and oxygen atoms in total. The Bertz CT molecular complexity index is 639. The predicted molar refractivity (Wildman–Crippen MR) is 84.8 cm³/mol. The van der Waals surface area contributed by atoms with Gasteiger partial charge in [-0.15, -0.1) is 0 Å². The molecule has 0 aliphatic heterocycles. The molecule has 0 atom stereocenters. The summed E-state index contributed by atoms with van der Waals surface area (Å²) in [6.07, 6.45) is 0. The van der Waals surface area contributed by atoms with E-state index in [0.29, 0.717) is 13.2 Å². The zero-order valence-electron chi connectivity index (χ0n) is 13.1. The van der Waals surface area contributed by atoms with Crippen LogP contribution in [0.25, 0.3) is 10.8 Å². The van der Waals surface area contributed by atoms with Crippen molar-refractivity contribution < 1.29 is 14.3 Å². The van der Waals surface area contributed by atoms with Crippen molar-refractivity contribution in [3.05, 3.63) is 42.0 Å². The predicted octanol–water partition coefficient (Wildman–Crippen LogP) is 4.08. The lowest BCUT2D eigenvalue weighted by molar-refractivity contribution is -0.148. The summed E-state index contributed by atoms with van der Waals surface area (Å²) >= 11 is 0. The van der Waals surface area contributed by atoms with E-state index in [2.05, 4.69) is 0 Å². The van der Waals surface area contributed by atoms with Crippen molar-refractivity contribution in [1.29, 1.82) is 0 Å². The highest BCUT2D eigenvalue weighted by molar-refractivity contribution is 5.96. The van der Waals surface area contributed by atoms with Crippen molar-refractivity contribution in [2.24, 2.45) is 0 Å². The number of carbonyl (C=O) groups is 1. The van der Waals surface area contributed by atoms with Crippen LogP contribution in [0.1, 0.15) is 33.3 Å². The van der Waals surface area contributed by atoms with E-state index in [-0.39, 0.29) is 5.97 Å². The molecule has 0 fully saturated rings. The van der Waals surface area contributed by atoms with Gasteiger partial charge in [0.2, 0.25) is 0 Å². The highest BCUT2D eigenvalue weighted by atomic mass is 16.5. The van der Waals surface area contributed by atoms with Crippen LogP contribution in [-0.2, 0) is 14.9 Å². The molecule has 0 spiro atoms. The van der Waals surface area contributed by atoms with Crippen LogP contribution in [0.2, 0.25) is 0 Å². The lowest BCUT2D eigenvalue weighted by Gasteiger charge is -2.25. The molecule has 112 valence electrons. The number of hydrogen-bond acceptors (Lipinski definition) is 3. The summed E-state index contributed by atoms with van der Waals surface area (Å²) in [5.41, 5.74) is 0.213. The minimum atomic E-state index is -0.720. The molecule has 0 heterocycles. The van der Waals surface area contributed by atoms with Gasteiger partial charge in [0.1, 0.15) is 5.75 Å². The van der Waals surface area contributed by atoms with Crippen molar-refractivity contribution in [1.82, 2.24) is 0 Å². The minimum Gasteiger partial charge on any atom is -0.493 e. The van der Waals surface area contributed by atoms with Crippen molar-refractivity contribution in [2.75, 3.05) is 13.2 Å². The highest BCUT2D eigenvalue weighted by Crippen LogP contribution is 2.36. The third-order valence-corrected chi connectivity index (χ3v) is 3.63. The van der Waals surface area contributed by atoms with Crippen molar-refractivity contribution in [3.63, 3.8) is 0 Å². The molecule has 0 amide bonds. The maximum atomic E-state index is 12.3. The van der Waals surface area contributed by atoms with Crippen LogP contribution in [0.4, 0.5) is 0 Å². The molecule has 0 saturated carbocycles. The average molecular weight is 286 g/mol. The zero-order valence-corrected chi connectivity index (χ0v) is 13.1. The number of esters is 1. The zero-order chi connectivity index (χ0) is 15.5. The van der Waals surface area contributed by atoms with Gasteiger partial charge in [0.15, 0.2) is 0 Å². The summed E-state index contributed by atoms with van der Waals surface area (Å²) in [7, 11) is 0. The van der Waals surface area contributed by atoms with Crippen LogP contribution >= 0.6 is 0 Å². The summed E-state index contributed by atoms with van der Waals surface area (Å²) in [6, 6.07) is 11.9. The van der Waals surface area contributed by atoms with E-state index >= 15 is 0 Å². The second-order valence-electron chi connectivity index (χ2n) is 5.44. The number of carbonyl (C=O) groups excluding carboxylic acids is 1. The third kappa shape index (κ3) is 2.87. The number of ether oxygens (including phenoxy) is 2. The fraction of sp³-hybridized carbons (Fsp3) is 0.389. The van der Waals surface area contributed by atoms with Crippen LogP contribution in [-0.4, -0.2) is 19.2 Å². The van der Waals surface area contributed by atoms with Gasteiger partial charge in [-0.05, 0) is 44.7 Å². The molecule has 0 aliphatic rings. The van der Waals surface area contributed by atoms with E-state index in [0.717, 1.165) is 22.1 Å².